The number of rotatable bonds is 4. The fourth-order valence-corrected chi connectivity index (χ4v) is 3.22. The number of nitrogens with zero attached hydrogens (tertiary/aromatic N) is 1. The first-order valence-corrected chi connectivity index (χ1v) is 6.74. The van der Waals surface area contributed by atoms with E-state index in [-0.39, 0.29) is 0 Å². The molecule has 0 radical (unpaired) electrons. The lowest BCUT2D eigenvalue weighted by Crippen LogP contribution is -2.49. The summed E-state index contributed by atoms with van der Waals surface area (Å²) in [5, 5.41) is 3.69. The van der Waals surface area contributed by atoms with Crippen molar-refractivity contribution in [3.63, 3.8) is 0 Å². The second-order valence-electron chi connectivity index (χ2n) is 5.11. The summed E-state index contributed by atoms with van der Waals surface area (Å²) in [5.74, 6) is 6.25. The van der Waals surface area contributed by atoms with Crippen LogP contribution in [-0.2, 0) is 0 Å². The number of hydrogen-bond acceptors (Lipinski definition) is 2. The maximum Gasteiger partial charge on any atom is 0.0606 e. The van der Waals surface area contributed by atoms with E-state index in [1.807, 2.05) is 6.92 Å². The molecule has 2 nitrogen and oxygen atoms in total. The Morgan fingerprint density at radius 3 is 2.50 bits per heavy atom. The molecule has 2 unspecified atom stereocenters. The molecule has 2 fully saturated rings. The summed E-state index contributed by atoms with van der Waals surface area (Å²) in [6.07, 6.45) is 6.70. The van der Waals surface area contributed by atoms with E-state index in [0.29, 0.717) is 0 Å². The summed E-state index contributed by atoms with van der Waals surface area (Å²) in [7, 11) is 0. The van der Waals surface area contributed by atoms with Crippen molar-refractivity contribution in [1.82, 2.24) is 10.2 Å². The smallest absolute Gasteiger partial charge is 0.0606 e. The van der Waals surface area contributed by atoms with Crippen LogP contribution in [0.4, 0.5) is 0 Å². The third kappa shape index (κ3) is 2.59. The van der Waals surface area contributed by atoms with Crippen molar-refractivity contribution in [3.8, 4) is 11.8 Å². The maximum absolute atomic E-state index is 3.69. The minimum atomic E-state index is 0.767. The molecule has 2 aliphatic heterocycles. The van der Waals surface area contributed by atoms with E-state index in [0.717, 1.165) is 24.7 Å². The highest BCUT2D eigenvalue weighted by Crippen LogP contribution is 2.35. The molecule has 16 heavy (non-hydrogen) atoms. The topological polar surface area (TPSA) is 15.3 Å². The van der Waals surface area contributed by atoms with Crippen LogP contribution in [0.5, 0.6) is 0 Å². The molecule has 1 N–H and O–H groups in total. The Morgan fingerprint density at radius 2 is 1.94 bits per heavy atom. The normalized spacial score (nSPS) is 33.5. The molecule has 2 heteroatoms. The molecule has 0 spiro atoms. The van der Waals surface area contributed by atoms with Gasteiger partial charge in [-0.2, -0.15) is 0 Å². The Morgan fingerprint density at radius 1 is 1.25 bits per heavy atom. The molecule has 0 aromatic rings. The molecule has 2 aliphatic rings. The molecule has 2 bridgehead atoms. The van der Waals surface area contributed by atoms with Gasteiger partial charge in [-0.3, -0.25) is 4.90 Å². The minimum absolute atomic E-state index is 0.767. The zero-order chi connectivity index (χ0) is 11.4. The third-order valence-corrected chi connectivity index (χ3v) is 4.01. The van der Waals surface area contributed by atoms with Crippen molar-refractivity contribution in [1.29, 1.82) is 0 Å². The average Bonchev–Trinajstić information content (AvgIpc) is 2.54. The van der Waals surface area contributed by atoms with Crippen LogP contribution in [-0.4, -0.2) is 36.1 Å². The maximum atomic E-state index is 3.69. The predicted octanol–water partition coefficient (Wildman–Crippen LogP) is 2.00. The predicted molar refractivity (Wildman–Crippen MR) is 68.3 cm³/mol. The molecule has 0 amide bonds. The van der Waals surface area contributed by atoms with Crippen LogP contribution in [0.2, 0.25) is 0 Å². The Balaban J connectivity index is 1.87. The van der Waals surface area contributed by atoms with E-state index >= 15 is 0 Å². The molecule has 0 aliphatic carbocycles. The van der Waals surface area contributed by atoms with Gasteiger partial charge in [-0.15, -0.1) is 5.92 Å². The second-order valence-corrected chi connectivity index (χ2v) is 5.11. The summed E-state index contributed by atoms with van der Waals surface area (Å²) >= 11 is 0. The van der Waals surface area contributed by atoms with Gasteiger partial charge in [0.25, 0.3) is 0 Å². The number of hydrogen-bond donors (Lipinski definition) is 1. The van der Waals surface area contributed by atoms with Gasteiger partial charge in [0.2, 0.25) is 0 Å². The molecule has 2 saturated heterocycles. The van der Waals surface area contributed by atoms with Crippen molar-refractivity contribution < 1.29 is 0 Å². The molecule has 90 valence electrons. The third-order valence-electron chi connectivity index (χ3n) is 4.01. The van der Waals surface area contributed by atoms with Crippen LogP contribution in [0, 0.1) is 11.8 Å². The van der Waals surface area contributed by atoms with Crippen molar-refractivity contribution in [3.05, 3.63) is 0 Å². The minimum Gasteiger partial charge on any atom is -0.314 e. The highest BCUT2D eigenvalue weighted by molar-refractivity contribution is 5.05. The molecule has 2 atom stereocenters. The second kappa shape index (κ2) is 5.70. The quantitative estimate of drug-likeness (QED) is 0.729. The van der Waals surface area contributed by atoms with Gasteiger partial charge in [0.15, 0.2) is 0 Å². The summed E-state index contributed by atoms with van der Waals surface area (Å²) in [6, 6.07) is 2.37. The SMILES string of the molecule is CC#CCN1C2CCC1CC(NCCC)C2. The molecule has 2 heterocycles. The molecule has 2 rings (SSSR count). The highest BCUT2D eigenvalue weighted by Gasteiger charge is 2.39. The van der Waals surface area contributed by atoms with E-state index in [1.165, 1.54) is 38.6 Å². The van der Waals surface area contributed by atoms with E-state index in [2.05, 4.69) is 29.0 Å². The Bertz CT molecular complexity index is 262. The standard InChI is InChI=1S/C14H24N2/c1-3-5-9-16-13-6-7-14(16)11-12(10-13)15-8-4-2/h12-15H,4,6-11H2,1-2H3. The van der Waals surface area contributed by atoms with E-state index in [1.54, 1.807) is 0 Å². The lowest BCUT2D eigenvalue weighted by Gasteiger charge is -2.38. The van der Waals surface area contributed by atoms with Gasteiger partial charge in [-0.05, 0) is 45.6 Å². The first kappa shape index (κ1) is 12.0. The first-order valence-electron chi connectivity index (χ1n) is 6.74. The lowest BCUT2D eigenvalue weighted by molar-refractivity contribution is 0.134. The van der Waals surface area contributed by atoms with Gasteiger partial charge in [0, 0.05) is 18.1 Å². The lowest BCUT2D eigenvalue weighted by atomic mass is 9.97. The van der Waals surface area contributed by atoms with Gasteiger partial charge in [0.1, 0.15) is 0 Å². The van der Waals surface area contributed by atoms with Crippen molar-refractivity contribution in [2.24, 2.45) is 0 Å². The number of piperidine rings is 1. The largest absolute Gasteiger partial charge is 0.314 e. The van der Waals surface area contributed by atoms with Gasteiger partial charge in [-0.1, -0.05) is 12.8 Å². The summed E-state index contributed by atoms with van der Waals surface area (Å²) in [6.45, 7) is 6.36. The fourth-order valence-electron chi connectivity index (χ4n) is 3.22. The van der Waals surface area contributed by atoms with E-state index in [4.69, 9.17) is 0 Å². The van der Waals surface area contributed by atoms with E-state index < -0.39 is 0 Å². The Labute approximate surface area is 99.8 Å². The first-order chi connectivity index (χ1) is 7.85. The number of nitrogens with one attached hydrogen (secondary N) is 1. The van der Waals surface area contributed by atoms with Crippen LogP contribution >= 0.6 is 0 Å². The average molecular weight is 220 g/mol. The number of fused-ring (bicyclic) bond motifs is 2. The zero-order valence-electron chi connectivity index (χ0n) is 10.6. The summed E-state index contributed by atoms with van der Waals surface area (Å²) in [5.41, 5.74) is 0. The fraction of sp³-hybridized carbons (Fsp3) is 0.857. The monoisotopic (exact) mass is 220 g/mol. The van der Waals surface area contributed by atoms with Crippen molar-refractivity contribution >= 4 is 0 Å². The molecular weight excluding hydrogens is 196 g/mol. The van der Waals surface area contributed by atoms with Gasteiger partial charge < -0.3 is 5.32 Å². The van der Waals surface area contributed by atoms with Crippen LogP contribution < -0.4 is 5.32 Å². The Hall–Kier alpha value is -0.520. The molecule has 0 saturated carbocycles. The zero-order valence-corrected chi connectivity index (χ0v) is 10.6. The van der Waals surface area contributed by atoms with E-state index in [9.17, 15) is 0 Å². The summed E-state index contributed by atoms with van der Waals surface area (Å²) in [4.78, 5) is 2.64. The molecule has 0 aromatic carbocycles. The van der Waals surface area contributed by atoms with Gasteiger partial charge >= 0.3 is 0 Å². The Kier molecular flexibility index (Phi) is 4.26. The van der Waals surface area contributed by atoms with Gasteiger partial charge in [-0.25, -0.2) is 0 Å². The highest BCUT2D eigenvalue weighted by atomic mass is 15.2. The van der Waals surface area contributed by atoms with Crippen LogP contribution in [0.1, 0.15) is 46.0 Å². The van der Waals surface area contributed by atoms with Crippen LogP contribution in [0.25, 0.3) is 0 Å². The van der Waals surface area contributed by atoms with Crippen LogP contribution in [0.3, 0.4) is 0 Å². The summed E-state index contributed by atoms with van der Waals surface area (Å²) < 4.78 is 0. The van der Waals surface area contributed by atoms with Crippen molar-refractivity contribution in [2.75, 3.05) is 13.1 Å². The van der Waals surface area contributed by atoms with Crippen molar-refractivity contribution in [2.45, 2.75) is 64.1 Å². The van der Waals surface area contributed by atoms with Crippen LogP contribution in [0.15, 0.2) is 0 Å². The van der Waals surface area contributed by atoms with Gasteiger partial charge in [0.05, 0.1) is 6.54 Å². The molecule has 0 aromatic heterocycles. The molecular formula is C14H24N2.